The molecule has 0 atom stereocenters. The Morgan fingerprint density at radius 2 is 2.25 bits per heavy atom. The van der Waals surface area contributed by atoms with E-state index in [9.17, 15) is 4.79 Å². The van der Waals surface area contributed by atoms with Gasteiger partial charge in [-0.25, -0.2) is 4.68 Å². The number of anilines is 1. The van der Waals surface area contributed by atoms with Crippen LogP contribution in [0.15, 0.2) is 23.1 Å². The Bertz CT molecular complexity index is 569. The number of aryl methyl sites for hydroxylation is 2. The van der Waals surface area contributed by atoms with Gasteiger partial charge in [0.25, 0.3) is 5.56 Å². The number of nitrogen functional groups attached to an aromatic ring is 1. The van der Waals surface area contributed by atoms with Crippen molar-refractivity contribution in [1.29, 1.82) is 0 Å². The third-order valence-corrected chi connectivity index (χ3v) is 2.49. The summed E-state index contributed by atoms with van der Waals surface area (Å²) in [5.41, 5.74) is 7.36. The van der Waals surface area contributed by atoms with E-state index in [1.807, 2.05) is 6.92 Å². The molecule has 0 aliphatic heterocycles. The lowest BCUT2D eigenvalue weighted by atomic mass is 10.2. The van der Waals surface area contributed by atoms with Crippen LogP contribution in [0.4, 0.5) is 5.82 Å². The fourth-order valence-corrected chi connectivity index (χ4v) is 1.57. The summed E-state index contributed by atoms with van der Waals surface area (Å²) in [6, 6.07) is 3.08. The Morgan fingerprint density at radius 3 is 2.81 bits per heavy atom. The zero-order valence-corrected chi connectivity index (χ0v) is 9.21. The van der Waals surface area contributed by atoms with Crippen molar-refractivity contribution < 1.29 is 0 Å². The number of nitrogens with zero attached hydrogens (tertiary/aromatic N) is 4. The van der Waals surface area contributed by atoms with E-state index in [0.29, 0.717) is 12.4 Å². The molecule has 0 saturated carbocycles. The first-order chi connectivity index (χ1) is 7.59. The Balaban J connectivity index is 2.42. The molecule has 0 radical (unpaired) electrons. The molecule has 2 aromatic heterocycles. The predicted molar refractivity (Wildman–Crippen MR) is 60.0 cm³/mol. The molecule has 0 saturated heterocycles. The Hall–Kier alpha value is -2.11. The van der Waals surface area contributed by atoms with Crippen molar-refractivity contribution in [1.82, 2.24) is 19.6 Å². The summed E-state index contributed by atoms with van der Waals surface area (Å²) < 4.78 is 2.96. The van der Waals surface area contributed by atoms with Crippen LogP contribution >= 0.6 is 0 Å². The standard InChI is InChI=1S/C10H13N5O/c1-7-8(10(11)14(2)13-7)6-15-9(16)4-3-5-12-15/h3-5H,6,11H2,1-2H3. The van der Waals surface area contributed by atoms with Crippen LogP contribution < -0.4 is 11.3 Å². The van der Waals surface area contributed by atoms with Crippen LogP contribution in [0.5, 0.6) is 0 Å². The number of nitrogens with two attached hydrogens (primary N) is 1. The van der Waals surface area contributed by atoms with Gasteiger partial charge < -0.3 is 5.73 Å². The molecule has 0 spiro atoms. The van der Waals surface area contributed by atoms with Crippen molar-refractivity contribution in [3.8, 4) is 0 Å². The van der Waals surface area contributed by atoms with Crippen LogP contribution in [0.1, 0.15) is 11.3 Å². The molecule has 2 N–H and O–H groups in total. The van der Waals surface area contributed by atoms with Crippen LogP contribution in [0.3, 0.4) is 0 Å². The number of hydrogen-bond acceptors (Lipinski definition) is 4. The molecule has 16 heavy (non-hydrogen) atoms. The van der Waals surface area contributed by atoms with Gasteiger partial charge in [0.05, 0.1) is 12.2 Å². The summed E-state index contributed by atoms with van der Waals surface area (Å²) in [5, 5.41) is 8.16. The van der Waals surface area contributed by atoms with Gasteiger partial charge in [0.15, 0.2) is 0 Å². The zero-order chi connectivity index (χ0) is 11.7. The van der Waals surface area contributed by atoms with Gasteiger partial charge in [-0.15, -0.1) is 0 Å². The molecule has 6 nitrogen and oxygen atoms in total. The highest BCUT2D eigenvalue weighted by atomic mass is 16.1. The van der Waals surface area contributed by atoms with Gasteiger partial charge in [-0.05, 0) is 13.0 Å². The second-order valence-electron chi connectivity index (χ2n) is 3.59. The van der Waals surface area contributed by atoms with Gasteiger partial charge in [0.1, 0.15) is 5.82 Å². The summed E-state index contributed by atoms with van der Waals surface area (Å²) in [4.78, 5) is 11.5. The molecule has 2 rings (SSSR count). The molecule has 0 unspecified atom stereocenters. The first-order valence-electron chi connectivity index (χ1n) is 4.89. The molecule has 0 bridgehead atoms. The average molecular weight is 219 g/mol. The van der Waals surface area contributed by atoms with Gasteiger partial charge in [0.2, 0.25) is 0 Å². The summed E-state index contributed by atoms with van der Waals surface area (Å²) in [7, 11) is 1.77. The van der Waals surface area contributed by atoms with Crippen molar-refractivity contribution in [2.45, 2.75) is 13.5 Å². The molecule has 0 fully saturated rings. The summed E-state index contributed by atoms with van der Waals surface area (Å²) in [6.07, 6.45) is 1.57. The molecule has 84 valence electrons. The van der Waals surface area contributed by atoms with Crippen molar-refractivity contribution in [2.75, 3.05) is 5.73 Å². The van der Waals surface area contributed by atoms with E-state index in [1.165, 1.54) is 10.7 Å². The maximum atomic E-state index is 11.5. The average Bonchev–Trinajstić information content (AvgIpc) is 2.48. The molecule has 0 amide bonds. The van der Waals surface area contributed by atoms with Crippen LogP contribution in [0.2, 0.25) is 0 Å². The highest BCUT2D eigenvalue weighted by molar-refractivity contribution is 5.42. The van der Waals surface area contributed by atoms with Gasteiger partial charge in [-0.3, -0.25) is 9.48 Å². The molecule has 0 aromatic carbocycles. The minimum absolute atomic E-state index is 0.148. The lowest BCUT2D eigenvalue weighted by molar-refractivity contribution is 0.637. The van der Waals surface area contributed by atoms with Gasteiger partial charge in [-0.2, -0.15) is 10.2 Å². The largest absolute Gasteiger partial charge is 0.384 e. The molecular weight excluding hydrogens is 206 g/mol. The molecule has 6 heteroatoms. The van der Waals surface area contributed by atoms with E-state index in [1.54, 1.807) is 24.0 Å². The fourth-order valence-electron chi connectivity index (χ4n) is 1.57. The van der Waals surface area contributed by atoms with Crippen molar-refractivity contribution in [3.63, 3.8) is 0 Å². The van der Waals surface area contributed by atoms with Crippen molar-refractivity contribution in [3.05, 3.63) is 39.9 Å². The minimum atomic E-state index is -0.148. The monoisotopic (exact) mass is 219 g/mol. The Labute approximate surface area is 92.3 Å². The van der Waals surface area contributed by atoms with Crippen LogP contribution in [0.25, 0.3) is 0 Å². The minimum Gasteiger partial charge on any atom is -0.384 e. The summed E-state index contributed by atoms with van der Waals surface area (Å²) in [5.74, 6) is 0.565. The quantitative estimate of drug-likeness (QED) is 0.766. The van der Waals surface area contributed by atoms with E-state index >= 15 is 0 Å². The molecular formula is C10H13N5O. The maximum Gasteiger partial charge on any atom is 0.267 e. The van der Waals surface area contributed by atoms with Crippen LogP contribution in [-0.2, 0) is 13.6 Å². The third-order valence-electron chi connectivity index (χ3n) is 2.49. The fraction of sp³-hybridized carbons (Fsp3) is 0.300. The summed E-state index contributed by atoms with van der Waals surface area (Å²) >= 11 is 0. The topological polar surface area (TPSA) is 78.7 Å². The first kappa shape index (κ1) is 10.4. The first-order valence-corrected chi connectivity index (χ1v) is 4.89. The van der Waals surface area contributed by atoms with Gasteiger partial charge in [0, 0.05) is 24.9 Å². The van der Waals surface area contributed by atoms with Crippen LogP contribution in [0, 0.1) is 6.92 Å². The van der Waals surface area contributed by atoms with E-state index in [2.05, 4.69) is 10.2 Å². The second-order valence-corrected chi connectivity index (χ2v) is 3.59. The summed E-state index contributed by atoms with van der Waals surface area (Å²) in [6.45, 7) is 2.21. The van der Waals surface area contributed by atoms with E-state index in [-0.39, 0.29) is 5.56 Å². The van der Waals surface area contributed by atoms with Gasteiger partial charge in [-0.1, -0.05) is 0 Å². The van der Waals surface area contributed by atoms with Crippen molar-refractivity contribution >= 4 is 5.82 Å². The van der Waals surface area contributed by atoms with E-state index in [4.69, 9.17) is 5.73 Å². The van der Waals surface area contributed by atoms with Gasteiger partial charge >= 0.3 is 0 Å². The SMILES string of the molecule is Cc1nn(C)c(N)c1Cn1ncccc1=O. The molecule has 2 aromatic rings. The van der Waals surface area contributed by atoms with Crippen molar-refractivity contribution in [2.24, 2.45) is 7.05 Å². The lowest BCUT2D eigenvalue weighted by Crippen LogP contribution is -2.22. The Morgan fingerprint density at radius 1 is 1.50 bits per heavy atom. The predicted octanol–water partition coefficient (Wildman–Crippen LogP) is -0.0843. The molecule has 2 heterocycles. The highest BCUT2D eigenvalue weighted by Crippen LogP contribution is 2.15. The highest BCUT2D eigenvalue weighted by Gasteiger charge is 2.11. The van der Waals surface area contributed by atoms with E-state index < -0.39 is 0 Å². The van der Waals surface area contributed by atoms with E-state index in [0.717, 1.165) is 11.3 Å². The lowest BCUT2D eigenvalue weighted by Gasteiger charge is -2.03. The second kappa shape index (κ2) is 3.80. The molecule has 0 aliphatic rings. The molecule has 0 aliphatic carbocycles. The number of rotatable bonds is 2. The Kier molecular flexibility index (Phi) is 2.47. The van der Waals surface area contributed by atoms with Crippen LogP contribution in [-0.4, -0.2) is 19.6 Å². The zero-order valence-electron chi connectivity index (χ0n) is 9.21. The smallest absolute Gasteiger partial charge is 0.267 e. The number of hydrogen-bond donors (Lipinski definition) is 1. The third kappa shape index (κ3) is 1.69. The normalized spacial score (nSPS) is 10.6. The number of aromatic nitrogens is 4. The maximum absolute atomic E-state index is 11.5.